The van der Waals surface area contributed by atoms with Gasteiger partial charge in [0.05, 0.1) is 0 Å². The molecule has 0 amide bonds. The Labute approximate surface area is 93.5 Å². The lowest BCUT2D eigenvalue weighted by Crippen LogP contribution is -2.33. The third-order valence-corrected chi connectivity index (χ3v) is 1.83. The van der Waals surface area contributed by atoms with Crippen molar-refractivity contribution in [1.82, 2.24) is 0 Å². The number of Topliss-reactive ketones (excluding diaryl/α,β-unsaturated/α-hetero) is 1. The van der Waals surface area contributed by atoms with Gasteiger partial charge < -0.3 is 14.6 Å². The molecule has 0 aromatic carbocycles. The summed E-state index contributed by atoms with van der Waals surface area (Å²) in [6, 6.07) is 0. The third-order valence-electron chi connectivity index (χ3n) is 1.83. The normalized spacial score (nSPS) is 15.8. The summed E-state index contributed by atoms with van der Waals surface area (Å²) in [6.07, 6.45) is -3.33. The zero-order valence-corrected chi connectivity index (χ0v) is 9.72. The van der Waals surface area contributed by atoms with Gasteiger partial charge in [-0.25, -0.2) is 9.59 Å². The first-order valence-electron chi connectivity index (χ1n) is 4.85. The van der Waals surface area contributed by atoms with Gasteiger partial charge in [0.1, 0.15) is 6.10 Å². The molecule has 3 unspecified atom stereocenters. The minimum Gasteiger partial charge on any atom is -0.452 e. The van der Waals surface area contributed by atoms with E-state index in [0.29, 0.717) is 0 Å². The summed E-state index contributed by atoms with van der Waals surface area (Å²) < 4.78 is 9.29. The van der Waals surface area contributed by atoms with E-state index in [1.54, 1.807) is 0 Å². The van der Waals surface area contributed by atoms with Gasteiger partial charge in [0.2, 0.25) is 0 Å². The monoisotopic (exact) mass is 232 g/mol. The highest BCUT2D eigenvalue weighted by Crippen LogP contribution is 2.01. The van der Waals surface area contributed by atoms with Gasteiger partial charge in [-0.1, -0.05) is 0 Å². The van der Waals surface area contributed by atoms with Gasteiger partial charge in [0.15, 0.2) is 18.0 Å². The van der Waals surface area contributed by atoms with Gasteiger partial charge in [0.25, 0.3) is 0 Å². The standard InChI is InChI=1S/C10H16O6/c1-5(11)7(3)15-10(14)8(4)16-9(13)6(2)12/h6-8,12H,1-4H3. The number of aliphatic hydroxyl groups is 1. The SMILES string of the molecule is CC(=O)C(C)OC(=O)C(C)OC(=O)C(C)O. The molecule has 0 aromatic heterocycles. The smallest absolute Gasteiger partial charge is 0.347 e. The predicted octanol–water partition coefficient (Wildman–Crippen LogP) is -0.180. The fraction of sp³-hybridized carbons (Fsp3) is 0.700. The van der Waals surface area contributed by atoms with Crippen LogP contribution in [0.1, 0.15) is 27.7 Å². The summed E-state index contributed by atoms with van der Waals surface area (Å²) in [5.74, 6) is -2.04. The van der Waals surface area contributed by atoms with Crippen LogP contribution in [0.3, 0.4) is 0 Å². The topological polar surface area (TPSA) is 89.9 Å². The molecule has 16 heavy (non-hydrogen) atoms. The second kappa shape index (κ2) is 6.22. The van der Waals surface area contributed by atoms with E-state index < -0.39 is 30.3 Å². The molecule has 0 radical (unpaired) electrons. The average Bonchev–Trinajstić information content (AvgIpc) is 2.16. The molecule has 1 N–H and O–H groups in total. The Kier molecular flexibility index (Phi) is 5.66. The Bertz CT molecular complexity index is 283. The third kappa shape index (κ3) is 4.88. The quantitative estimate of drug-likeness (QED) is 0.661. The van der Waals surface area contributed by atoms with Gasteiger partial charge in [0, 0.05) is 0 Å². The fourth-order valence-electron chi connectivity index (χ4n) is 0.674. The number of hydrogen-bond acceptors (Lipinski definition) is 6. The van der Waals surface area contributed by atoms with Crippen LogP contribution >= 0.6 is 0 Å². The summed E-state index contributed by atoms with van der Waals surface area (Å²) in [7, 11) is 0. The van der Waals surface area contributed by atoms with E-state index in [1.807, 2.05) is 0 Å². The second-order valence-corrected chi connectivity index (χ2v) is 3.44. The van der Waals surface area contributed by atoms with E-state index in [4.69, 9.17) is 9.84 Å². The molecule has 0 rings (SSSR count). The molecular formula is C10H16O6. The van der Waals surface area contributed by atoms with Crippen molar-refractivity contribution >= 4 is 17.7 Å². The molecule has 0 spiro atoms. The Morgan fingerprint density at radius 3 is 1.75 bits per heavy atom. The van der Waals surface area contributed by atoms with E-state index in [0.717, 1.165) is 0 Å². The summed E-state index contributed by atoms with van der Waals surface area (Å²) in [6.45, 7) is 5.22. The van der Waals surface area contributed by atoms with Crippen LogP contribution < -0.4 is 0 Å². The first-order valence-corrected chi connectivity index (χ1v) is 4.85. The summed E-state index contributed by atoms with van der Waals surface area (Å²) >= 11 is 0. The number of ether oxygens (including phenoxy) is 2. The lowest BCUT2D eigenvalue weighted by molar-refractivity contribution is -0.174. The molecule has 0 bridgehead atoms. The van der Waals surface area contributed by atoms with E-state index in [-0.39, 0.29) is 5.78 Å². The van der Waals surface area contributed by atoms with Gasteiger partial charge in [-0.3, -0.25) is 4.79 Å². The first-order chi connectivity index (χ1) is 7.25. The van der Waals surface area contributed by atoms with Crippen LogP contribution in [-0.2, 0) is 23.9 Å². The molecule has 0 saturated heterocycles. The minimum absolute atomic E-state index is 0.303. The van der Waals surface area contributed by atoms with Crippen LogP contribution in [-0.4, -0.2) is 41.1 Å². The van der Waals surface area contributed by atoms with Crippen molar-refractivity contribution in [3.05, 3.63) is 0 Å². The molecule has 0 aromatic rings. The average molecular weight is 232 g/mol. The number of ketones is 1. The molecule has 0 aliphatic carbocycles. The number of carbonyl (C=O) groups is 3. The van der Waals surface area contributed by atoms with Gasteiger partial charge in [-0.05, 0) is 27.7 Å². The number of carbonyl (C=O) groups excluding carboxylic acids is 3. The van der Waals surface area contributed by atoms with Gasteiger partial charge >= 0.3 is 11.9 Å². The lowest BCUT2D eigenvalue weighted by Gasteiger charge is -2.16. The van der Waals surface area contributed by atoms with Crippen LogP contribution in [0.25, 0.3) is 0 Å². The highest BCUT2D eigenvalue weighted by Gasteiger charge is 2.24. The van der Waals surface area contributed by atoms with Crippen LogP contribution in [0.15, 0.2) is 0 Å². The van der Waals surface area contributed by atoms with Crippen LogP contribution in [0, 0.1) is 0 Å². The van der Waals surface area contributed by atoms with Gasteiger partial charge in [-0.15, -0.1) is 0 Å². The molecule has 0 saturated carbocycles. The molecule has 0 aliphatic rings. The molecular weight excluding hydrogens is 216 g/mol. The first kappa shape index (κ1) is 14.6. The number of rotatable bonds is 5. The molecule has 3 atom stereocenters. The van der Waals surface area contributed by atoms with Crippen LogP contribution in [0.5, 0.6) is 0 Å². The van der Waals surface area contributed by atoms with Gasteiger partial charge in [-0.2, -0.15) is 0 Å². The number of hydrogen-bond donors (Lipinski definition) is 1. The molecule has 92 valence electrons. The van der Waals surface area contributed by atoms with Crippen LogP contribution in [0.2, 0.25) is 0 Å². The Balaban J connectivity index is 4.19. The highest BCUT2D eigenvalue weighted by molar-refractivity contribution is 5.85. The zero-order valence-electron chi connectivity index (χ0n) is 9.72. The van der Waals surface area contributed by atoms with Crippen molar-refractivity contribution in [2.75, 3.05) is 0 Å². The maximum Gasteiger partial charge on any atom is 0.347 e. The Morgan fingerprint density at radius 2 is 1.38 bits per heavy atom. The summed E-state index contributed by atoms with van der Waals surface area (Å²) in [5.41, 5.74) is 0. The predicted molar refractivity (Wildman–Crippen MR) is 53.5 cm³/mol. The number of esters is 2. The summed E-state index contributed by atoms with van der Waals surface area (Å²) in [4.78, 5) is 33.0. The number of aliphatic hydroxyl groups excluding tert-OH is 1. The van der Waals surface area contributed by atoms with Crippen molar-refractivity contribution < 1.29 is 29.0 Å². The van der Waals surface area contributed by atoms with Crippen molar-refractivity contribution in [1.29, 1.82) is 0 Å². The molecule has 6 nitrogen and oxygen atoms in total. The fourth-order valence-corrected chi connectivity index (χ4v) is 0.674. The minimum atomic E-state index is -1.31. The van der Waals surface area contributed by atoms with Crippen LogP contribution in [0.4, 0.5) is 0 Å². The highest BCUT2D eigenvalue weighted by atomic mass is 16.6. The maximum absolute atomic E-state index is 11.3. The molecule has 6 heteroatoms. The van der Waals surface area contributed by atoms with E-state index in [9.17, 15) is 14.4 Å². The molecule has 0 heterocycles. The molecule has 0 fully saturated rings. The van der Waals surface area contributed by atoms with E-state index >= 15 is 0 Å². The second-order valence-electron chi connectivity index (χ2n) is 3.44. The zero-order chi connectivity index (χ0) is 12.9. The van der Waals surface area contributed by atoms with E-state index in [2.05, 4.69) is 4.74 Å². The largest absolute Gasteiger partial charge is 0.452 e. The van der Waals surface area contributed by atoms with Crippen molar-refractivity contribution in [2.45, 2.75) is 46.0 Å². The Hall–Kier alpha value is -1.43. The van der Waals surface area contributed by atoms with Crippen molar-refractivity contribution in [3.63, 3.8) is 0 Å². The Morgan fingerprint density at radius 1 is 0.938 bits per heavy atom. The maximum atomic E-state index is 11.3. The van der Waals surface area contributed by atoms with Crippen molar-refractivity contribution in [2.24, 2.45) is 0 Å². The van der Waals surface area contributed by atoms with E-state index in [1.165, 1.54) is 27.7 Å². The molecule has 0 aliphatic heterocycles. The lowest BCUT2D eigenvalue weighted by atomic mass is 10.3. The van der Waals surface area contributed by atoms with Crippen molar-refractivity contribution in [3.8, 4) is 0 Å². The summed E-state index contributed by atoms with van der Waals surface area (Å²) in [5, 5.41) is 8.84.